The molecule has 0 radical (unpaired) electrons. The Hall–Kier alpha value is -1.58. The molecule has 0 spiro atoms. The number of rotatable bonds is 5. The molecule has 3 rings (SSSR count). The van der Waals surface area contributed by atoms with Crippen LogP contribution >= 0.6 is 11.6 Å². The van der Waals surface area contributed by atoms with Crippen LogP contribution in [0.2, 0.25) is 5.02 Å². The van der Waals surface area contributed by atoms with Crippen LogP contribution < -0.4 is 10.1 Å². The molecular weight excluding hydrogens is 260 g/mol. The van der Waals surface area contributed by atoms with Crippen molar-refractivity contribution in [1.29, 1.82) is 0 Å². The molecule has 1 fully saturated rings. The number of ether oxygens (including phenoxy) is 1. The number of halogens is 1. The maximum absolute atomic E-state index is 5.95. The maximum Gasteiger partial charge on any atom is 0.150 e. The monoisotopic (exact) mass is 274 g/mol. The summed E-state index contributed by atoms with van der Waals surface area (Å²) in [5.41, 5.74) is 1.11. The second-order valence-electron chi connectivity index (χ2n) is 4.70. The molecule has 1 saturated carbocycles. The molecule has 0 atom stereocenters. The molecule has 0 aliphatic heterocycles. The van der Waals surface area contributed by atoms with Gasteiger partial charge < -0.3 is 10.1 Å². The Labute approximate surface area is 117 Å². The van der Waals surface area contributed by atoms with Crippen LogP contribution in [0.5, 0.6) is 11.5 Å². The van der Waals surface area contributed by atoms with Gasteiger partial charge in [0.15, 0.2) is 0 Å². The summed E-state index contributed by atoms with van der Waals surface area (Å²) >= 11 is 5.95. The molecule has 1 aromatic heterocycles. The highest BCUT2D eigenvalue weighted by atomic mass is 35.5. The van der Waals surface area contributed by atoms with Crippen molar-refractivity contribution in [2.24, 2.45) is 0 Å². The molecule has 3 nitrogen and oxygen atoms in total. The maximum atomic E-state index is 5.95. The summed E-state index contributed by atoms with van der Waals surface area (Å²) < 4.78 is 5.86. The summed E-state index contributed by atoms with van der Waals surface area (Å²) in [6, 6.07) is 10.0. The SMILES string of the molecule is Clc1cccc(Oc2cnccc2CNC2CC2)c1. The zero-order valence-electron chi connectivity index (χ0n) is 10.5. The Balaban J connectivity index is 1.75. The van der Waals surface area contributed by atoms with E-state index in [2.05, 4.69) is 10.3 Å². The molecule has 98 valence electrons. The normalized spacial score (nSPS) is 14.4. The van der Waals surface area contributed by atoms with Gasteiger partial charge in [-0.15, -0.1) is 0 Å². The Morgan fingerprint density at radius 3 is 3.00 bits per heavy atom. The predicted octanol–water partition coefficient (Wildman–Crippen LogP) is 3.78. The number of nitrogens with one attached hydrogen (secondary N) is 1. The molecule has 19 heavy (non-hydrogen) atoms. The van der Waals surface area contributed by atoms with Gasteiger partial charge in [0, 0.05) is 29.4 Å². The molecule has 1 aliphatic carbocycles. The van der Waals surface area contributed by atoms with E-state index in [-0.39, 0.29) is 0 Å². The van der Waals surface area contributed by atoms with Crippen LogP contribution in [-0.4, -0.2) is 11.0 Å². The van der Waals surface area contributed by atoms with Gasteiger partial charge in [-0.2, -0.15) is 0 Å². The smallest absolute Gasteiger partial charge is 0.150 e. The number of hydrogen-bond acceptors (Lipinski definition) is 3. The third-order valence-corrected chi connectivity index (χ3v) is 3.29. The molecule has 1 aliphatic rings. The summed E-state index contributed by atoms with van der Waals surface area (Å²) in [5, 5.41) is 4.14. The van der Waals surface area contributed by atoms with E-state index in [1.807, 2.05) is 24.3 Å². The first kappa shape index (κ1) is 12.5. The van der Waals surface area contributed by atoms with Crippen molar-refractivity contribution in [3.63, 3.8) is 0 Å². The van der Waals surface area contributed by atoms with Gasteiger partial charge in [0.05, 0.1) is 6.20 Å². The molecule has 1 N–H and O–H groups in total. The van der Waals surface area contributed by atoms with Crippen LogP contribution in [0.15, 0.2) is 42.7 Å². The van der Waals surface area contributed by atoms with Crippen molar-refractivity contribution in [1.82, 2.24) is 10.3 Å². The van der Waals surface area contributed by atoms with E-state index in [0.717, 1.165) is 23.6 Å². The van der Waals surface area contributed by atoms with Gasteiger partial charge in [-0.05, 0) is 37.1 Å². The van der Waals surface area contributed by atoms with Gasteiger partial charge in [-0.25, -0.2) is 0 Å². The number of pyridine rings is 1. The van der Waals surface area contributed by atoms with Crippen LogP contribution in [0.25, 0.3) is 0 Å². The van der Waals surface area contributed by atoms with E-state index in [1.165, 1.54) is 12.8 Å². The topological polar surface area (TPSA) is 34.1 Å². The Bertz CT molecular complexity index is 570. The lowest BCUT2D eigenvalue weighted by Gasteiger charge is -2.11. The molecule has 2 aromatic rings. The van der Waals surface area contributed by atoms with Gasteiger partial charge in [-0.1, -0.05) is 17.7 Å². The molecule has 0 unspecified atom stereocenters. The fraction of sp³-hybridized carbons (Fsp3) is 0.267. The molecule has 0 bridgehead atoms. The van der Waals surface area contributed by atoms with E-state index in [1.54, 1.807) is 18.5 Å². The highest BCUT2D eigenvalue weighted by Gasteiger charge is 2.20. The lowest BCUT2D eigenvalue weighted by atomic mass is 10.2. The van der Waals surface area contributed by atoms with Crippen LogP contribution in [0.3, 0.4) is 0 Å². The molecule has 0 amide bonds. The van der Waals surface area contributed by atoms with Gasteiger partial charge in [0.1, 0.15) is 11.5 Å². The summed E-state index contributed by atoms with van der Waals surface area (Å²) in [6.45, 7) is 0.809. The average molecular weight is 275 g/mol. The second kappa shape index (κ2) is 5.59. The van der Waals surface area contributed by atoms with Crippen LogP contribution in [0.1, 0.15) is 18.4 Å². The first-order chi connectivity index (χ1) is 9.31. The van der Waals surface area contributed by atoms with Gasteiger partial charge in [0.25, 0.3) is 0 Å². The lowest BCUT2D eigenvalue weighted by molar-refractivity contribution is 0.470. The molecular formula is C15H15ClN2O. The van der Waals surface area contributed by atoms with Gasteiger partial charge in [0.2, 0.25) is 0 Å². The fourth-order valence-electron chi connectivity index (χ4n) is 1.85. The van der Waals surface area contributed by atoms with Crippen molar-refractivity contribution in [2.45, 2.75) is 25.4 Å². The first-order valence-corrected chi connectivity index (χ1v) is 6.79. The summed E-state index contributed by atoms with van der Waals surface area (Å²) in [7, 11) is 0. The van der Waals surface area contributed by atoms with Crippen LogP contribution in [0.4, 0.5) is 0 Å². The molecule has 1 heterocycles. The van der Waals surface area contributed by atoms with Crippen LogP contribution in [0, 0.1) is 0 Å². The first-order valence-electron chi connectivity index (χ1n) is 6.41. The van der Waals surface area contributed by atoms with E-state index in [0.29, 0.717) is 11.1 Å². The third-order valence-electron chi connectivity index (χ3n) is 3.05. The number of nitrogens with zero attached hydrogens (tertiary/aromatic N) is 1. The molecule has 4 heteroatoms. The van der Waals surface area contributed by atoms with Crippen molar-refractivity contribution in [3.05, 3.63) is 53.3 Å². The highest BCUT2D eigenvalue weighted by Crippen LogP contribution is 2.27. The minimum atomic E-state index is 0.666. The summed E-state index contributed by atoms with van der Waals surface area (Å²) in [4.78, 5) is 4.12. The quantitative estimate of drug-likeness (QED) is 0.901. The Morgan fingerprint density at radius 2 is 2.21 bits per heavy atom. The fourth-order valence-corrected chi connectivity index (χ4v) is 2.03. The zero-order chi connectivity index (χ0) is 13.1. The number of benzene rings is 1. The van der Waals surface area contributed by atoms with Crippen molar-refractivity contribution in [2.75, 3.05) is 0 Å². The number of aromatic nitrogens is 1. The Morgan fingerprint density at radius 1 is 1.32 bits per heavy atom. The minimum Gasteiger partial charge on any atom is -0.455 e. The van der Waals surface area contributed by atoms with Crippen molar-refractivity contribution >= 4 is 11.6 Å². The molecule has 0 saturated heterocycles. The minimum absolute atomic E-state index is 0.666. The Kier molecular flexibility index (Phi) is 3.67. The van der Waals surface area contributed by atoms with Crippen molar-refractivity contribution < 1.29 is 4.74 Å². The molecule has 1 aromatic carbocycles. The summed E-state index contributed by atoms with van der Waals surface area (Å²) in [6.07, 6.45) is 6.07. The lowest BCUT2D eigenvalue weighted by Crippen LogP contribution is -2.15. The van der Waals surface area contributed by atoms with Crippen LogP contribution in [-0.2, 0) is 6.54 Å². The van der Waals surface area contributed by atoms with Gasteiger partial charge in [-0.3, -0.25) is 4.98 Å². The standard InChI is InChI=1S/C15H15ClN2O/c16-12-2-1-3-14(8-12)19-15-10-17-7-6-11(15)9-18-13-4-5-13/h1-3,6-8,10,13,18H,4-5,9H2. The predicted molar refractivity (Wildman–Crippen MR) is 75.6 cm³/mol. The average Bonchev–Trinajstić information content (AvgIpc) is 3.22. The third kappa shape index (κ3) is 3.46. The van der Waals surface area contributed by atoms with E-state index >= 15 is 0 Å². The number of hydrogen-bond donors (Lipinski definition) is 1. The zero-order valence-corrected chi connectivity index (χ0v) is 11.2. The van der Waals surface area contributed by atoms with E-state index in [9.17, 15) is 0 Å². The van der Waals surface area contributed by atoms with E-state index in [4.69, 9.17) is 16.3 Å². The summed E-state index contributed by atoms with van der Waals surface area (Å²) in [5.74, 6) is 1.51. The second-order valence-corrected chi connectivity index (χ2v) is 5.13. The van der Waals surface area contributed by atoms with Gasteiger partial charge >= 0.3 is 0 Å². The van der Waals surface area contributed by atoms with E-state index < -0.39 is 0 Å². The highest BCUT2D eigenvalue weighted by molar-refractivity contribution is 6.30. The largest absolute Gasteiger partial charge is 0.455 e. The van der Waals surface area contributed by atoms with Crippen molar-refractivity contribution in [3.8, 4) is 11.5 Å².